The molecule has 1 fully saturated rings. The van der Waals surface area contributed by atoms with E-state index in [1.165, 1.54) is 20.0 Å². The Kier molecular flexibility index (Phi) is 11.0. The van der Waals surface area contributed by atoms with Gasteiger partial charge >= 0.3 is 5.97 Å². The highest BCUT2D eigenvalue weighted by Gasteiger charge is 2.30. The predicted molar refractivity (Wildman–Crippen MR) is 83.4 cm³/mol. The lowest BCUT2D eigenvalue weighted by atomic mass is 9.91. The van der Waals surface area contributed by atoms with Crippen LogP contribution in [-0.4, -0.2) is 51.2 Å². The minimum absolute atomic E-state index is 0. The van der Waals surface area contributed by atoms with Crippen LogP contribution in [0, 0.1) is 11.3 Å². The summed E-state index contributed by atoms with van der Waals surface area (Å²) >= 11 is 0. The van der Waals surface area contributed by atoms with E-state index in [4.69, 9.17) is 4.74 Å². The van der Waals surface area contributed by atoms with Crippen molar-refractivity contribution in [2.75, 3.05) is 40.3 Å². The van der Waals surface area contributed by atoms with Crippen molar-refractivity contribution in [1.82, 2.24) is 10.2 Å². The summed E-state index contributed by atoms with van der Waals surface area (Å²) in [5, 5.41) is 3.37. The maximum Gasteiger partial charge on any atom is 0.312 e. The van der Waals surface area contributed by atoms with E-state index in [9.17, 15) is 4.79 Å². The molecule has 0 aromatic heterocycles. The highest BCUT2D eigenvalue weighted by Crippen LogP contribution is 2.20. The summed E-state index contributed by atoms with van der Waals surface area (Å²) in [7, 11) is 3.55. The maximum absolute atomic E-state index is 11.6. The van der Waals surface area contributed by atoms with Gasteiger partial charge in [-0.25, -0.2) is 0 Å². The molecule has 0 spiro atoms. The van der Waals surface area contributed by atoms with E-state index in [1.807, 2.05) is 13.8 Å². The number of hydrogen-bond donors (Lipinski definition) is 1. The van der Waals surface area contributed by atoms with E-state index < -0.39 is 5.41 Å². The number of carbonyl (C=O) groups excluding carboxylic acids is 1. The van der Waals surface area contributed by atoms with Crippen LogP contribution in [0.3, 0.4) is 0 Å². The molecule has 1 heterocycles. The third-order valence-corrected chi connectivity index (χ3v) is 3.43. The normalized spacial score (nSPS) is 16.5. The van der Waals surface area contributed by atoms with Crippen LogP contribution < -0.4 is 5.32 Å². The highest BCUT2D eigenvalue weighted by molar-refractivity contribution is 5.85. The molecular formula is C13H28Cl2N2O2. The molecule has 1 aliphatic rings. The summed E-state index contributed by atoms with van der Waals surface area (Å²) in [6.07, 6.45) is 2.48. The number of nitrogens with one attached hydrogen (secondary N) is 1. The zero-order chi connectivity index (χ0) is 12.9. The quantitative estimate of drug-likeness (QED) is 0.788. The number of piperidine rings is 1. The van der Waals surface area contributed by atoms with Crippen LogP contribution in [0.4, 0.5) is 0 Å². The van der Waals surface area contributed by atoms with Crippen molar-refractivity contribution in [3.05, 3.63) is 0 Å². The number of esters is 1. The Labute approximate surface area is 129 Å². The first-order valence-electron chi connectivity index (χ1n) is 6.43. The average molecular weight is 315 g/mol. The van der Waals surface area contributed by atoms with Gasteiger partial charge in [-0.05, 0) is 52.7 Å². The van der Waals surface area contributed by atoms with Gasteiger partial charge in [0.1, 0.15) is 0 Å². The van der Waals surface area contributed by atoms with Gasteiger partial charge in [-0.1, -0.05) is 0 Å². The van der Waals surface area contributed by atoms with Gasteiger partial charge in [0.25, 0.3) is 0 Å². The minimum atomic E-state index is -0.420. The van der Waals surface area contributed by atoms with Gasteiger partial charge in [-0.2, -0.15) is 0 Å². The van der Waals surface area contributed by atoms with Crippen LogP contribution in [0.2, 0.25) is 0 Å². The molecule has 0 aromatic rings. The summed E-state index contributed by atoms with van der Waals surface area (Å²) in [5.41, 5.74) is -0.420. The summed E-state index contributed by atoms with van der Waals surface area (Å²) in [5.74, 6) is 0.629. The van der Waals surface area contributed by atoms with E-state index >= 15 is 0 Å². The molecule has 1 N–H and O–H groups in total. The van der Waals surface area contributed by atoms with Crippen LogP contribution in [0.5, 0.6) is 0 Å². The van der Waals surface area contributed by atoms with Crippen LogP contribution in [0.25, 0.3) is 0 Å². The Morgan fingerprint density at radius 3 is 2.32 bits per heavy atom. The van der Waals surface area contributed by atoms with Crippen molar-refractivity contribution in [2.45, 2.75) is 26.7 Å². The fraction of sp³-hybridized carbons (Fsp3) is 0.923. The molecule has 6 heteroatoms. The number of ether oxygens (including phenoxy) is 1. The lowest BCUT2D eigenvalue weighted by molar-refractivity contribution is -0.151. The van der Waals surface area contributed by atoms with E-state index in [-0.39, 0.29) is 30.8 Å². The van der Waals surface area contributed by atoms with Crippen molar-refractivity contribution in [2.24, 2.45) is 11.3 Å². The smallest absolute Gasteiger partial charge is 0.312 e. The highest BCUT2D eigenvalue weighted by atomic mass is 35.5. The molecule has 0 atom stereocenters. The summed E-state index contributed by atoms with van der Waals surface area (Å²) in [6.45, 7) is 7.96. The Balaban J connectivity index is 0. The second-order valence-electron chi connectivity index (χ2n) is 5.77. The Morgan fingerprint density at radius 2 is 1.84 bits per heavy atom. The fourth-order valence-corrected chi connectivity index (χ4v) is 2.59. The fourth-order valence-electron chi connectivity index (χ4n) is 2.59. The Morgan fingerprint density at radius 1 is 1.32 bits per heavy atom. The first-order chi connectivity index (χ1) is 7.95. The van der Waals surface area contributed by atoms with Gasteiger partial charge in [0, 0.05) is 13.1 Å². The molecule has 1 rings (SSSR count). The molecule has 116 valence electrons. The van der Waals surface area contributed by atoms with Crippen molar-refractivity contribution >= 4 is 30.8 Å². The number of methoxy groups -OCH3 is 1. The first-order valence-corrected chi connectivity index (χ1v) is 6.43. The third-order valence-electron chi connectivity index (χ3n) is 3.43. The number of nitrogens with zero attached hydrogens (tertiary/aromatic N) is 1. The summed E-state index contributed by atoms with van der Waals surface area (Å²) in [6, 6.07) is 0. The number of carbonyl (C=O) groups is 1. The zero-order valence-electron chi connectivity index (χ0n) is 12.4. The van der Waals surface area contributed by atoms with Gasteiger partial charge in [0.2, 0.25) is 0 Å². The SMILES string of the molecule is COC(=O)C(C)(C)CN(C)CC1CCNCC1.Cl.Cl. The number of rotatable bonds is 5. The molecule has 0 unspecified atom stereocenters. The number of halogens is 2. The van der Waals surface area contributed by atoms with Crippen molar-refractivity contribution in [1.29, 1.82) is 0 Å². The standard InChI is InChI=1S/C13H26N2O2.2ClH/c1-13(2,12(16)17-4)10-15(3)9-11-5-7-14-8-6-11;;/h11,14H,5-10H2,1-4H3;2*1H. The molecule has 1 aliphatic heterocycles. The molecule has 4 nitrogen and oxygen atoms in total. The molecule has 0 bridgehead atoms. The van der Waals surface area contributed by atoms with Crippen LogP contribution in [0.1, 0.15) is 26.7 Å². The van der Waals surface area contributed by atoms with Gasteiger partial charge < -0.3 is 15.0 Å². The van der Waals surface area contributed by atoms with Crippen molar-refractivity contribution < 1.29 is 9.53 Å². The van der Waals surface area contributed by atoms with Gasteiger partial charge in [-0.15, -0.1) is 24.8 Å². The molecule has 0 aromatic carbocycles. The van der Waals surface area contributed by atoms with Crippen LogP contribution >= 0.6 is 24.8 Å². The molecule has 0 radical (unpaired) electrons. The summed E-state index contributed by atoms with van der Waals surface area (Å²) in [4.78, 5) is 13.9. The molecule has 1 saturated heterocycles. The average Bonchev–Trinajstić information content (AvgIpc) is 2.28. The van der Waals surface area contributed by atoms with E-state index in [1.54, 1.807) is 0 Å². The van der Waals surface area contributed by atoms with E-state index in [0.29, 0.717) is 0 Å². The topological polar surface area (TPSA) is 41.6 Å². The van der Waals surface area contributed by atoms with Gasteiger partial charge in [0.05, 0.1) is 12.5 Å². The van der Waals surface area contributed by atoms with Gasteiger partial charge in [0.15, 0.2) is 0 Å². The van der Waals surface area contributed by atoms with Crippen molar-refractivity contribution in [3.63, 3.8) is 0 Å². The summed E-state index contributed by atoms with van der Waals surface area (Å²) < 4.78 is 4.83. The monoisotopic (exact) mass is 314 g/mol. The molecule has 0 saturated carbocycles. The second kappa shape index (κ2) is 9.81. The lowest BCUT2D eigenvalue weighted by Crippen LogP contribution is -2.41. The van der Waals surface area contributed by atoms with E-state index in [2.05, 4.69) is 17.3 Å². The van der Waals surface area contributed by atoms with Crippen LogP contribution in [-0.2, 0) is 9.53 Å². The zero-order valence-corrected chi connectivity index (χ0v) is 14.0. The Bertz CT molecular complexity index is 257. The largest absolute Gasteiger partial charge is 0.469 e. The Hall–Kier alpha value is -0.0300. The van der Waals surface area contributed by atoms with Crippen LogP contribution in [0.15, 0.2) is 0 Å². The minimum Gasteiger partial charge on any atom is -0.469 e. The molecule has 19 heavy (non-hydrogen) atoms. The third kappa shape index (κ3) is 7.35. The predicted octanol–water partition coefficient (Wildman–Crippen LogP) is 1.96. The number of hydrogen-bond acceptors (Lipinski definition) is 4. The molecular weight excluding hydrogens is 287 g/mol. The maximum atomic E-state index is 11.6. The molecule has 0 aliphatic carbocycles. The first kappa shape index (κ1) is 21.3. The van der Waals surface area contributed by atoms with Crippen molar-refractivity contribution in [3.8, 4) is 0 Å². The second-order valence-corrected chi connectivity index (χ2v) is 5.77. The lowest BCUT2D eigenvalue weighted by Gasteiger charge is -2.32. The molecule has 0 amide bonds. The van der Waals surface area contributed by atoms with Gasteiger partial charge in [-0.3, -0.25) is 4.79 Å². The van der Waals surface area contributed by atoms with E-state index in [0.717, 1.165) is 32.1 Å².